The second-order valence-corrected chi connectivity index (χ2v) is 4.14. The summed E-state index contributed by atoms with van der Waals surface area (Å²) in [5, 5.41) is 2.74. The van der Waals surface area contributed by atoms with Crippen LogP contribution < -0.4 is 5.32 Å². The third kappa shape index (κ3) is 2.02. The molecule has 0 amide bonds. The van der Waals surface area contributed by atoms with Gasteiger partial charge in [0, 0.05) is 0 Å². The fourth-order valence-electron chi connectivity index (χ4n) is 2.20. The third-order valence-corrected chi connectivity index (χ3v) is 3.04. The summed E-state index contributed by atoms with van der Waals surface area (Å²) < 4.78 is 27.3. The molecule has 0 saturated carbocycles. The number of hydrogen-bond acceptors (Lipinski definition) is 1. The number of nitrogens with one attached hydrogen (secondary N) is 1. The average Bonchev–Trinajstić information content (AvgIpc) is 2.19. The number of alkyl halides is 2. The molecular weight excluding hydrogens is 196 g/mol. The molecule has 0 bridgehead atoms. The maximum Gasteiger partial charge on any atom is 0.267 e. The summed E-state index contributed by atoms with van der Waals surface area (Å²) in [6.07, 6.45) is 0.512. The Morgan fingerprint density at radius 1 is 1.33 bits per heavy atom. The first-order valence-corrected chi connectivity index (χ1v) is 5.25. The Bertz CT molecular complexity index is 349. The summed E-state index contributed by atoms with van der Waals surface area (Å²) in [5.41, 5.74) is 1.76. The van der Waals surface area contributed by atoms with Crippen LogP contribution in [-0.4, -0.2) is 19.0 Å². The van der Waals surface area contributed by atoms with Gasteiger partial charge in [-0.05, 0) is 31.0 Å². The maximum absolute atomic E-state index is 13.7. The molecule has 82 valence electrons. The van der Waals surface area contributed by atoms with Crippen molar-refractivity contribution in [1.82, 2.24) is 5.32 Å². The maximum atomic E-state index is 13.7. The van der Waals surface area contributed by atoms with Crippen LogP contribution in [0.1, 0.15) is 23.5 Å². The molecule has 0 aromatic heterocycles. The van der Waals surface area contributed by atoms with E-state index in [0.717, 1.165) is 11.1 Å². The Morgan fingerprint density at radius 2 is 2.07 bits per heavy atom. The lowest BCUT2D eigenvalue weighted by molar-refractivity contribution is -0.0422. The number of piperidine rings is 1. The van der Waals surface area contributed by atoms with Gasteiger partial charge in [-0.2, -0.15) is 0 Å². The number of benzene rings is 1. The van der Waals surface area contributed by atoms with Gasteiger partial charge >= 0.3 is 0 Å². The Labute approximate surface area is 88.5 Å². The highest BCUT2D eigenvalue weighted by molar-refractivity contribution is 5.31. The van der Waals surface area contributed by atoms with Crippen molar-refractivity contribution in [2.75, 3.05) is 13.1 Å². The van der Waals surface area contributed by atoms with Gasteiger partial charge < -0.3 is 5.32 Å². The first kappa shape index (κ1) is 10.6. The molecule has 1 aliphatic rings. The molecule has 3 heteroatoms. The minimum Gasteiger partial charge on any atom is -0.311 e. The van der Waals surface area contributed by atoms with E-state index in [1.807, 2.05) is 31.2 Å². The fraction of sp³-hybridized carbons (Fsp3) is 0.500. The van der Waals surface area contributed by atoms with Crippen molar-refractivity contribution in [3.05, 3.63) is 35.4 Å². The van der Waals surface area contributed by atoms with Gasteiger partial charge in [0.15, 0.2) is 0 Å². The highest BCUT2D eigenvalue weighted by Crippen LogP contribution is 2.38. The molecule has 0 spiro atoms. The van der Waals surface area contributed by atoms with Crippen LogP contribution in [0.3, 0.4) is 0 Å². The van der Waals surface area contributed by atoms with Crippen molar-refractivity contribution in [2.24, 2.45) is 0 Å². The van der Waals surface area contributed by atoms with Gasteiger partial charge in [-0.15, -0.1) is 0 Å². The minimum atomic E-state index is -2.62. The summed E-state index contributed by atoms with van der Waals surface area (Å²) in [7, 11) is 0. The summed E-state index contributed by atoms with van der Waals surface area (Å²) in [4.78, 5) is 0. The molecular formula is C12H15F2N. The first-order chi connectivity index (χ1) is 7.11. The first-order valence-electron chi connectivity index (χ1n) is 5.25. The molecule has 1 nitrogen and oxygen atoms in total. The molecule has 1 aromatic rings. The summed E-state index contributed by atoms with van der Waals surface area (Å²) in [6.45, 7) is 2.37. The summed E-state index contributed by atoms with van der Waals surface area (Å²) in [6, 6.07) is 7.44. The van der Waals surface area contributed by atoms with E-state index in [0.29, 0.717) is 13.0 Å². The molecule has 15 heavy (non-hydrogen) atoms. The molecule has 1 heterocycles. The average molecular weight is 211 g/mol. The predicted octanol–water partition coefficient (Wildman–Crippen LogP) is 2.71. The highest BCUT2D eigenvalue weighted by Gasteiger charge is 2.42. The lowest BCUT2D eigenvalue weighted by Gasteiger charge is -2.33. The Kier molecular flexibility index (Phi) is 2.74. The van der Waals surface area contributed by atoms with Crippen LogP contribution in [0.15, 0.2) is 24.3 Å². The zero-order valence-corrected chi connectivity index (χ0v) is 8.76. The summed E-state index contributed by atoms with van der Waals surface area (Å²) in [5.74, 6) is -3.25. The van der Waals surface area contributed by atoms with E-state index >= 15 is 0 Å². The van der Waals surface area contributed by atoms with Crippen LogP contribution in [0.2, 0.25) is 0 Å². The van der Waals surface area contributed by atoms with Crippen molar-refractivity contribution in [3.63, 3.8) is 0 Å². The van der Waals surface area contributed by atoms with Crippen LogP contribution in [0.4, 0.5) is 8.78 Å². The van der Waals surface area contributed by atoms with Gasteiger partial charge in [-0.25, -0.2) is 8.78 Å². The smallest absolute Gasteiger partial charge is 0.267 e. The van der Waals surface area contributed by atoms with Crippen LogP contribution in [-0.2, 0) is 0 Å². The second kappa shape index (κ2) is 3.89. The molecule has 1 fully saturated rings. The Hall–Kier alpha value is -0.960. The zero-order chi connectivity index (χ0) is 10.9. The van der Waals surface area contributed by atoms with E-state index in [9.17, 15) is 8.78 Å². The van der Waals surface area contributed by atoms with Crippen LogP contribution >= 0.6 is 0 Å². The standard InChI is InChI=1S/C12H15F2N/c1-9-4-2-3-5-10(9)11-6-7-15-8-12(11,13)14/h2-5,11,15H,6-8H2,1H3. The van der Waals surface area contributed by atoms with Crippen molar-refractivity contribution in [1.29, 1.82) is 0 Å². The zero-order valence-electron chi connectivity index (χ0n) is 8.76. The number of halogens is 2. The van der Waals surface area contributed by atoms with E-state index in [2.05, 4.69) is 5.32 Å². The fourth-order valence-corrected chi connectivity index (χ4v) is 2.20. The topological polar surface area (TPSA) is 12.0 Å². The van der Waals surface area contributed by atoms with Gasteiger partial charge in [0.05, 0.1) is 12.5 Å². The number of rotatable bonds is 1. The molecule has 1 aliphatic heterocycles. The number of aryl methyl sites for hydroxylation is 1. The van der Waals surface area contributed by atoms with Crippen LogP contribution in [0.5, 0.6) is 0 Å². The van der Waals surface area contributed by atoms with Crippen molar-refractivity contribution in [2.45, 2.75) is 25.2 Å². The minimum absolute atomic E-state index is 0.202. The monoisotopic (exact) mass is 211 g/mol. The summed E-state index contributed by atoms with van der Waals surface area (Å²) >= 11 is 0. The van der Waals surface area contributed by atoms with Crippen molar-refractivity contribution in [3.8, 4) is 0 Å². The Balaban J connectivity index is 2.33. The molecule has 1 saturated heterocycles. The second-order valence-electron chi connectivity index (χ2n) is 4.14. The van der Waals surface area contributed by atoms with E-state index < -0.39 is 11.8 Å². The Morgan fingerprint density at radius 3 is 2.73 bits per heavy atom. The van der Waals surface area contributed by atoms with Gasteiger partial charge in [0.2, 0.25) is 0 Å². The molecule has 1 N–H and O–H groups in total. The molecule has 1 atom stereocenters. The predicted molar refractivity (Wildman–Crippen MR) is 56.4 cm³/mol. The van der Waals surface area contributed by atoms with Gasteiger partial charge in [0.1, 0.15) is 0 Å². The van der Waals surface area contributed by atoms with Crippen LogP contribution in [0.25, 0.3) is 0 Å². The molecule has 0 radical (unpaired) electrons. The molecule has 1 unspecified atom stereocenters. The third-order valence-electron chi connectivity index (χ3n) is 3.04. The SMILES string of the molecule is Cc1ccccc1C1CCNCC1(F)F. The number of hydrogen-bond donors (Lipinski definition) is 1. The largest absolute Gasteiger partial charge is 0.311 e. The molecule has 0 aliphatic carbocycles. The van der Waals surface area contributed by atoms with Crippen molar-refractivity contribution < 1.29 is 8.78 Å². The van der Waals surface area contributed by atoms with Gasteiger partial charge in [-0.3, -0.25) is 0 Å². The lowest BCUT2D eigenvalue weighted by Crippen LogP contribution is -2.44. The van der Waals surface area contributed by atoms with Gasteiger partial charge in [-0.1, -0.05) is 24.3 Å². The lowest BCUT2D eigenvalue weighted by atomic mass is 9.85. The molecule has 1 aromatic carbocycles. The van der Waals surface area contributed by atoms with Crippen molar-refractivity contribution >= 4 is 0 Å². The van der Waals surface area contributed by atoms with E-state index in [1.165, 1.54) is 0 Å². The highest BCUT2D eigenvalue weighted by atomic mass is 19.3. The normalized spacial score (nSPS) is 25.1. The quantitative estimate of drug-likeness (QED) is 0.753. The molecule has 2 rings (SSSR count). The van der Waals surface area contributed by atoms with E-state index in [-0.39, 0.29) is 6.54 Å². The van der Waals surface area contributed by atoms with Crippen LogP contribution in [0, 0.1) is 6.92 Å². The van der Waals surface area contributed by atoms with E-state index in [1.54, 1.807) is 0 Å². The van der Waals surface area contributed by atoms with Gasteiger partial charge in [0.25, 0.3) is 5.92 Å². The van der Waals surface area contributed by atoms with E-state index in [4.69, 9.17) is 0 Å².